The second kappa shape index (κ2) is 5.87. The number of rotatable bonds is 6. The molecule has 0 saturated carbocycles. The Labute approximate surface area is 103 Å². The minimum Gasteiger partial charge on any atom is -0.456 e. The summed E-state index contributed by atoms with van der Waals surface area (Å²) < 4.78 is 5.27. The molecule has 3 N–H and O–H groups in total. The highest BCUT2D eigenvalue weighted by Crippen LogP contribution is 2.23. The van der Waals surface area contributed by atoms with Crippen LogP contribution in [-0.2, 0) is 0 Å². The largest absolute Gasteiger partial charge is 0.456 e. The molecule has 1 heterocycles. The molecule has 1 rings (SSSR count). The lowest BCUT2D eigenvalue weighted by atomic mass is 9.82. The Morgan fingerprint density at radius 2 is 2.06 bits per heavy atom. The van der Waals surface area contributed by atoms with E-state index >= 15 is 0 Å². The number of nitrogens with one attached hydrogen (secondary N) is 1. The van der Waals surface area contributed by atoms with Crippen molar-refractivity contribution >= 4 is 5.91 Å². The van der Waals surface area contributed by atoms with Gasteiger partial charge >= 0.3 is 0 Å². The van der Waals surface area contributed by atoms with Crippen molar-refractivity contribution in [2.75, 3.05) is 13.1 Å². The summed E-state index contributed by atoms with van der Waals surface area (Å²) in [5.74, 6) is 0.935. The van der Waals surface area contributed by atoms with Crippen molar-refractivity contribution in [3.63, 3.8) is 0 Å². The molecule has 0 saturated heterocycles. The Morgan fingerprint density at radius 1 is 1.41 bits per heavy atom. The van der Waals surface area contributed by atoms with E-state index in [1.54, 1.807) is 12.1 Å². The smallest absolute Gasteiger partial charge is 0.287 e. The molecule has 4 nitrogen and oxygen atoms in total. The van der Waals surface area contributed by atoms with Crippen molar-refractivity contribution < 1.29 is 9.21 Å². The molecule has 0 radical (unpaired) electrons. The molecular formula is C13H22N2O2. The number of hydrogen-bond donors (Lipinski definition) is 2. The van der Waals surface area contributed by atoms with Crippen LogP contribution in [0.5, 0.6) is 0 Å². The van der Waals surface area contributed by atoms with Crippen molar-refractivity contribution in [3.05, 3.63) is 23.7 Å². The van der Waals surface area contributed by atoms with Crippen LogP contribution < -0.4 is 11.1 Å². The number of nitrogens with two attached hydrogens (primary N) is 1. The average Bonchev–Trinajstić information content (AvgIpc) is 2.78. The minimum atomic E-state index is -0.169. The number of carbonyl (C=O) groups is 1. The molecule has 0 fully saturated rings. The molecule has 0 aromatic carbocycles. The van der Waals surface area contributed by atoms with Gasteiger partial charge in [-0.1, -0.05) is 13.8 Å². The average molecular weight is 238 g/mol. The van der Waals surface area contributed by atoms with Crippen LogP contribution in [0.2, 0.25) is 0 Å². The zero-order valence-corrected chi connectivity index (χ0v) is 10.9. The van der Waals surface area contributed by atoms with E-state index in [2.05, 4.69) is 19.2 Å². The van der Waals surface area contributed by atoms with Crippen molar-refractivity contribution in [1.29, 1.82) is 0 Å². The molecule has 1 amide bonds. The molecule has 0 aliphatic carbocycles. The second-order valence-electron chi connectivity index (χ2n) is 4.50. The Hall–Kier alpha value is -1.29. The van der Waals surface area contributed by atoms with Gasteiger partial charge in [0.1, 0.15) is 5.76 Å². The van der Waals surface area contributed by atoms with E-state index in [-0.39, 0.29) is 11.3 Å². The van der Waals surface area contributed by atoms with E-state index in [4.69, 9.17) is 10.2 Å². The van der Waals surface area contributed by atoms with Crippen LogP contribution >= 0.6 is 0 Å². The predicted molar refractivity (Wildman–Crippen MR) is 67.8 cm³/mol. The van der Waals surface area contributed by atoms with Gasteiger partial charge in [-0.3, -0.25) is 4.79 Å². The summed E-state index contributed by atoms with van der Waals surface area (Å²) in [6.45, 7) is 7.19. The Morgan fingerprint density at radius 3 is 2.47 bits per heavy atom. The van der Waals surface area contributed by atoms with Crippen LogP contribution in [0, 0.1) is 12.3 Å². The summed E-state index contributed by atoms with van der Waals surface area (Å²) in [6.07, 6.45) is 1.91. The van der Waals surface area contributed by atoms with Gasteiger partial charge < -0.3 is 15.5 Å². The van der Waals surface area contributed by atoms with Crippen LogP contribution in [0.1, 0.15) is 43.0 Å². The van der Waals surface area contributed by atoms with E-state index < -0.39 is 0 Å². The van der Waals surface area contributed by atoms with E-state index in [0.717, 1.165) is 18.6 Å². The Bertz CT molecular complexity index is 359. The third kappa shape index (κ3) is 3.33. The van der Waals surface area contributed by atoms with Crippen molar-refractivity contribution in [2.45, 2.75) is 33.6 Å². The van der Waals surface area contributed by atoms with Crippen LogP contribution in [0.25, 0.3) is 0 Å². The van der Waals surface area contributed by atoms with Crippen LogP contribution in [0.15, 0.2) is 16.5 Å². The van der Waals surface area contributed by atoms with E-state index in [9.17, 15) is 4.79 Å². The molecule has 17 heavy (non-hydrogen) atoms. The van der Waals surface area contributed by atoms with Gasteiger partial charge in [-0.05, 0) is 43.9 Å². The van der Waals surface area contributed by atoms with Crippen LogP contribution in [0.4, 0.5) is 0 Å². The molecule has 0 aliphatic heterocycles. The third-order valence-corrected chi connectivity index (χ3v) is 3.52. The maximum Gasteiger partial charge on any atom is 0.287 e. The molecule has 0 aliphatic rings. The summed E-state index contributed by atoms with van der Waals surface area (Å²) in [5.41, 5.74) is 5.78. The number of hydrogen-bond acceptors (Lipinski definition) is 3. The number of furan rings is 1. The predicted octanol–water partition coefficient (Wildman–Crippen LogP) is 2.08. The topological polar surface area (TPSA) is 68.3 Å². The summed E-state index contributed by atoms with van der Waals surface area (Å²) in [6, 6.07) is 3.47. The van der Waals surface area contributed by atoms with E-state index in [1.165, 1.54) is 0 Å². The molecule has 0 unspecified atom stereocenters. The first kappa shape index (κ1) is 13.8. The lowest BCUT2D eigenvalue weighted by Gasteiger charge is -2.30. The molecular weight excluding hydrogens is 216 g/mol. The van der Waals surface area contributed by atoms with Gasteiger partial charge in [-0.2, -0.15) is 0 Å². The maximum absolute atomic E-state index is 11.8. The second-order valence-corrected chi connectivity index (χ2v) is 4.50. The molecule has 96 valence electrons. The van der Waals surface area contributed by atoms with Crippen LogP contribution in [0.3, 0.4) is 0 Å². The van der Waals surface area contributed by atoms with Crippen molar-refractivity contribution in [2.24, 2.45) is 11.1 Å². The first-order chi connectivity index (χ1) is 8.06. The Kier molecular flexibility index (Phi) is 4.75. The zero-order valence-electron chi connectivity index (χ0n) is 10.9. The standard InChI is InChI=1S/C13H22N2O2/c1-4-13(5-2,8-14)9-15-12(16)11-7-6-10(3)17-11/h6-7H,4-5,8-9,14H2,1-3H3,(H,15,16). The van der Waals surface area contributed by atoms with Crippen molar-refractivity contribution in [3.8, 4) is 0 Å². The van der Waals surface area contributed by atoms with Crippen LogP contribution in [-0.4, -0.2) is 19.0 Å². The number of carbonyl (C=O) groups excluding carboxylic acids is 1. The molecule has 0 spiro atoms. The SMILES string of the molecule is CCC(CC)(CN)CNC(=O)c1ccc(C)o1. The maximum atomic E-state index is 11.8. The summed E-state index contributed by atoms with van der Waals surface area (Å²) in [7, 11) is 0. The highest BCUT2D eigenvalue weighted by molar-refractivity contribution is 5.91. The summed E-state index contributed by atoms with van der Waals surface area (Å²) in [4.78, 5) is 11.8. The molecule has 0 bridgehead atoms. The minimum absolute atomic E-state index is 0.00268. The fourth-order valence-corrected chi connectivity index (χ4v) is 1.77. The lowest BCUT2D eigenvalue weighted by molar-refractivity contribution is 0.0899. The fourth-order valence-electron chi connectivity index (χ4n) is 1.77. The highest BCUT2D eigenvalue weighted by atomic mass is 16.3. The Balaban J connectivity index is 2.58. The monoisotopic (exact) mass is 238 g/mol. The molecule has 1 aromatic rings. The normalized spacial score (nSPS) is 11.5. The zero-order chi connectivity index (χ0) is 12.9. The lowest BCUT2D eigenvalue weighted by Crippen LogP contribution is -2.41. The first-order valence-corrected chi connectivity index (χ1v) is 6.11. The van der Waals surface area contributed by atoms with Crippen molar-refractivity contribution in [1.82, 2.24) is 5.32 Å². The fraction of sp³-hybridized carbons (Fsp3) is 0.615. The molecule has 4 heteroatoms. The highest BCUT2D eigenvalue weighted by Gasteiger charge is 2.25. The molecule has 1 aromatic heterocycles. The van der Waals surface area contributed by atoms with Gasteiger partial charge in [0.15, 0.2) is 5.76 Å². The van der Waals surface area contributed by atoms with Gasteiger partial charge in [-0.15, -0.1) is 0 Å². The number of aryl methyl sites for hydroxylation is 1. The van der Waals surface area contributed by atoms with Gasteiger partial charge in [0, 0.05) is 6.54 Å². The van der Waals surface area contributed by atoms with Gasteiger partial charge in [0.05, 0.1) is 0 Å². The van der Waals surface area contributed by atoms with E-state index in [1.807, 2.05) is 6.92 Å². The van der Waals surface area contributed by atoms with Gasteiger partial charge in [0.25, 0.3) is 5.91 Å². The quantitative estimate of drug-likeness (QED) is 0.797. The molecule has 0 atom stereocenters. The summed E-state index contributed by atoms with van der Waals surface area (Å²) in [5, 5.41) is 2.89. The number of amides is 1. The van der Waals surface area contributed by atoms with Gasteiger partial charge in [0.2, 0.25) is 0 Å². The van der Waals surface area contributed by atoms with E-state index in [0.29, 0.717) is 18.8 Å². The van der Waals surface area contributed by atoms with Gasteiger partial charge in [-0.25, -0.2) is 0 Å². The first-order valence-electron chi connectivity index (χ1n) is 6.11. The summed E-state index contributed by atoms with van der Waals surface area (Å²) >= 11 is 0. The third-order valence-electron chi connectivity index (χ3n) is 3.52.